The van der Waals surface area contributed by atoms with Crippen molar-refractivity contribution in [3.8, 4) is 5.75 Å². The fraction of sp³-hybridized carbons (Fsp3) is 0.455. The van der Waals surface area contributed by atoms with Crippen molar-refractivity contribution in [2.24, 2.45) is 0 Å². The molecule has 0 fully saturated rings. The predicted molar refractivity (Wildman–Crippen MR) is 70.8 cm³/mol. The Morgan fingerprint density at radius 2 is 1.88 bits per heavy atom. The SMILES string of the molecule is CC(C)Oc1cc(S(=O)(=O)N(C)C)ccc1Br. The van der Waals surface area contributed by atoms with Gasteiger partial charge < -0.3 is 4.74 Å². The minimum Gasteiger partial charge on any atom is -0.490 e. The van der Waals surface area contributed by atoms with Crippen molar-refractivity contribution in [2.45, 2.75) is 24.8 Å². The average Bonchev–Trinajstić information content (AvgIpc) is 2.20. The van der Waals surface area contributed by atoms with Crippen LogP contribution in [0.2, 0.25) is 0 Å². The van der Waals surface area contributed by atoms with Gasteiger partial charge in [-0.1, -0.05) is 0 Å². The summed E-state index contributed by atoms with van der Waals surface area (Å²) in [6.45, 7) is 3.78. The first kappa shape index (κ1) is 14.5. The van der Waals surface area contributed by atoms with Crippen molar-refractivity contribution in [3.05, 3.63) is 22.7 Å². The molecule has 0 unspecified atom stereocenters. The Morgan fingerprint density at radius 1 is 1.29 bits per heavy atom. The van der Waals surface area contributed by atoms with Gasteiger partial charge in [-0.15, -0.1) is 0 Å². The lowest BCUT2D eigenvalue weighted by molar-refractivity contribution is 0.240. The van der Waals surface area contributed by atoms with E-state index in [0.29, 0.717) is 5.75 Å². The monoisotopic (exact) mass is 321 g/mol. The molecule has 0 aliphatic carbocycles. The zero-order valence-electron chi connectivity index (χ0n) is 10.3. The Bertz CT molecular complexity index is 497. The van der Waals surface area contributed by atoms with Gasteiger partial charge in [-0.2, -0.15) is 0 Å². The van der Waals surface area contributed by atoms with E-state index in [9.17, 15) is 8.42 Å². The van der Waals surface area contributed by atoms with Crippen molar-refractivity contribution in [2.75, 3.05) is 14.1 Å². The van der Waals surface area contributed by atoms with Gasteiger partial charge in [0.2, 0.25) is 10.0 Å². The lowest BCUT2D eigenvalue weighted by Gasteiger charge is -2.15. The summed E-state index contributed by atoms with van der Waals surface area (Å²) in [7, 11) is -0.419. The molecule has 6 heteroatoms. The maximum atomic E-state index is 11.9. The van der Waals surface area contributed by atoms with Gasteiger partial charge >= 0.3 is 0 Å². The maximum Gasteiger partial charge on any atom is 0.242 e. The molecule has 0 saturated heterocycles. The number of rotatable bonds is 4. The summed E-state index contributed by atoms with van der Waals surface area (Å²) >= 11 is 3.33. The van der Waals surface area contributed by atoms with Crippen LogP contribution in [0.3, 0.4) is 0 Å². The van der Waals surface area contributed by atoms with Crippen LogP contribution in [-0.4, -0.2) is 32.9 Å². The van der Waals surface area contributed by atoms with Gasteiger partial charge in [0.25, 0.3) is 0 Å². The van der Waals surface area contributed by atoms with E-state index >= 15 is 0 Å². The summed E-state index contributed by atoms with van der Waals surface area (Å²) in [4.78, 5) is 0.223. The molecule has 1 aromatic carbocycles. The Labute approximate surface area is 111 Å². The van der Waals surface area contributed by atoms with E-state index in [1.54, 1.807) is 12.1 Å². The molecule has 0 aliphatic heterocycles. The second kappa shape index (κ2) is 5.37. The normalized spacial score (nSPS) is 12.2. The van der Waals surface area contributed by atoms with Crippen molar-refractivity contribution in [1.29, 1.82) is 0 Å². The molecule has 0 radical (unpaired) electrons. The highest BCUT2D eigenvalue weighted by molar-refractivity contribution is 9.10. The Kier molecular flexibility index (Phi) is 4.57. The lowest BCUT2D eigenvalue weighted by Crippen LogP contribution is -2.22. The molecule has 96 valence electrons. The third-order valence-corrected chi connectivity index (χ3v) is 4.51. The third kappa shape index (κ3) is 3.43. The largest absolute Gasteiger partial charge is 0.490 e. The molecule has 0 atom stereocenters. The highest BCUT2D eigenvalue weighted by Gasteiger charge is 2.19. The molecule has 17 heavy (non-hydrogen) atoms. The number of benzene rings is 1. The summed E-state index contributed by atoms with van der Waals surface area (Å²) in [5.41, 5.74) is 0. The molecule has 4 nitrogen and oxygen atoms in total. The number of halogens is 1. The zero-order valence-corrected chi connectivity index (χ0v) is 12.7. The number of hydrogen-bond acceptors (Lipinski definition) is 3. The van der Waals surface area contributed by atoms with Gasteiger partial charge in [0.15, 0.2) is 0 Å². The van der Waals surface area contributed by atoms with E-state index in [1.165, 1.54) is 24.5 Å². The van der Waals surface area contributed by atoms with Crippen LogP contribution in [0, 0.1) is 0 Å². The molecule has 0 heterocycles. The molecule has 0 amide bonds. The molecule has 1 aromatic rings. The van der Waals surface area contributed by atoms with Gasteiger partial charge in [-0.3, -0.25) is 0 Å². The number of nitrogens with zero attached hydrogens (tertiary/aromatic N) is 1. The van der Waals surface area contributed by atoms with Crippen LogP contribution in [0.25, 0.3) is 0 Å². The Balaban J connectivity index is 3.22. The molecule has 1 rings (SSSR count). The molecule has 0 saturated carbocycles. The van der Waals surface area contributed by atoms with Crippen LogP contribution < -0.4 is 4.74 Å². The van der Waals surface area contributed by atoms with E-state index in [1.807, 2.05) is 13.8 Å². The smallest absolute Gasteiger partial charge is 0.242 e. The first-order chi connectivity index (χ1) is 7.75. The molecule has 0 aliphatic rings. The van der Waals surface area contributed by atoms with Crippen LogP contribution in [-0.2, 0) is 10.0 Å². The summed E-state index contributed by atoms with van der Waals surface area (Å²) in [5, 5.41) is 0. The summed E-state index contributed by atoms with van der Waals surface area (Å²) in [6, 6.07) is 4.75. The molecule has 0 spiro atoms. The fourth-order valence-electron chi connectivity index (χ4n) is 1.20. The standard InChI is InChI=1S/C11H16BrNO3S/c1-8(2)16-11-7-9(5-6-10(11)12)17(14,15)13(3)4/h5-8H,1-4H3. The summed E-state index contributed by atoms with van der Waals surface area (Å²) in [5.74, 6) is 0.530. The third-order valence-electron chi connectivity index (χ3n) is 2.04. The van der Waals surface area contributed by atoms with Gasteiger partial charge in [-0.05, 0) is 41.9 Å². The second-order valence-corrected chi connectivity index (χ2v) is 7.05. The second-order valence-electron chi connectivity index (χ2n) is 4.05. The topological polar surface area (TPSA) is 46.6 Å². The minimum atomic E-state index is -3.42. The highest BCUT2D eigenvalue weighted by Crippen LogP contribution is 2.29. The van der Waals surface area contributed by atoms with Crippen molar-refractivity contribution in [3.63, 3.8) is 0 Å². The molecule has 0 bridgehead atoms. The van der Waals surface area contributed by atoms with Crippen molar-refractivity contribution >= 4 is 26.0 Å². The number of ether oxygens (including phenoxy) is 1. The predicted octanol–water partition coefficient (Wildman–Crippen LogP) is 2.49. The van der Waals surface area contributed by atoms with E-state index in [-0.39, 0.29) is 11.0 Å². The van der Waals surface area contributed by atoms with Gasteiger partial charge in [0, 0.05) is 20.2 Å². The average molecular weight is 322 g/mol. The van der Waals surface area contributed by atoms with Crippen LogP contribution in [0.1, 0.15) is 13.8 Å². The quantitative estimate of drug-likeness (QED) is 0.856. The van der Waals surface area contributed by atoms with Gasteiger partial charge in [-0.25, -0.2) is 12.7 Å². The lowest BCUT2D eigenvalue weighted by atomic mass is 10.3. The highest BCUT2D eigenvalue weighted by atomic mass is 79.9. The first-order valence-electron chi connectivity index (χ1n) is 5.14. The van der Waals surface area contributed by atoms with Crippen LogP contribution in [0.4, 0.5) is 0 Å². The minimum absolute atomic E-state index is 0.0105. The van der Waals surface area contributed by atoms with Crippen molar-refractivity contribution in [1.82, 2.24) is 4.31 Å². The number of hydrogen-bond donors (Lipinski definition) is 0. The van der Waals surface area contributed by atoms with E-state index in [4.69, 9.17) is 4.74 Å². The molecule has 0 N–H and O–H groups in total. The van der Waals surface area contributed by atoms with Crippen LogP contribution >= 0.6 is 15.9 Å². The van der Waals surface area contributed by atoms with Crippen LogP contribution in [0.5, 0.6) is 5.75 Å². The summed E-state index contributed by atoms with van der Waals surface area (Å²) in [6.07, 6.45) is -0.0105. The molecular formula is C11H16BrNO3S. The van der Waals surface area contributed by atoms with Gasteiger partial charge in [0.1, 0.15) is 5.75 Å². The van der Waals surface area contributed by atoms with E-state index in [2.05, 4.69) is 15.9 Å². The fourth-order valence-corrected chi connectivity index (χ4v) is 2.46. The summed E-state index contributed by atoms with van der Waals surface area (Å²) < 4.78 is 31.3. The first-order valence-corrected chi connectivity index (χ1v) is 7.37. The van der Waals surface area contributed by atoms with Gasteiger partial charge in [0.05, 0.1) is 15.5 Å². The van der Waals surface area contributed by atoms with Crippen LogP contribution in [0.15, 0.2) is 27.6 Å². The zero-order chi connectivity index (χ0) is 13.2. The van der Waals surface area contributed by atoms with E-state index < -0.39 is 10.0 Å². The Hall–Kier alpha value is -0.590. The molecular weight excluding hydrogens is 306 g/mol. The maximum absolute atomic E-state index is 11.9. The Morgan fingerprint density at radius 3 is 2.35 bits per heavy atom. The molecule has 0 aromatic heterocycles. The van der Waals surface area contributed by atoms with Crippen molar-refractivity contribution < 1.29 is 13.2 Å². The van der Waals surface area contributed by atoms with E-state index in [0.717, 1.165) is 4.47 Å². The number of sulfonamides is 1.